The maximum Gasteiger partial charge on any atom is 0.340 e. The molecule has 0 radical (unpaired) electrons. The number of aromatic nitrogens is 3. The molecule has 0 saturated carbocycles. The molecule has 2 aromatic carbocycles. The average Bonchev–Trinajstić information content (AvgIpc) is 3.13. The van der Waals surface area contributed by atoms with Crippen LogP contribution in [0.15, 0.2) is 41.4 Å². The Balaban J connectivity index is 1.82. The minimum Gasteiger partial charge on any atom is -0.358 e. The van der Waals surface area contributed by atoms with E-state index in [0.29, 0.717) is 5.56 Å². The summed E-state index contributed by atoms with van der Waals surface area (Å²) in [6.45, 7) is 11.7. The fourth-order valence-electron chi connectivity index (χ4n) is 4.14. The van der Waals surface area contributed by atoms with Gasteiger partial charge >= 0.3 is 10.1 Å². The van der Waals surface area contributed by atoms with Crippen LogP contribution in [0, 0.1) is 41.5 Å². The highest BCUT2D eigenvalue weighted by Crippen LogP contribution is 2.32. The van der Waals surface area contributed by atoms with E-state index >= 15 is 0 Å². The van der Waals surface area contributed by atoms with Crippen molar-refractivity contribution in [1.29, 1.82) is 0 Å². The zero-order valence-electron chi connectivity index (χ0n) is 20.3. The zero-order valence-corrected chi connectivity index (χ0v) is 21.2. The first-order valence-electron chi connectivity index (χ1n) is 10.9. The van der Waals surface area contributed by atoms with Crippen LogP contribution in [0.1, 0.15) is 49.4 Å². The Morgan fingerprint density at radius 1 is 0.912 bits per heavy atom. The van der Waals surface area contributed by atoms with Gasteiger partial charge < -0.3 is 4.18 Å². The average molecular weight is 478 g/mol. The summed E-state index contributed by atoms with van der Waals surface area (Å²) in [5.74, 6) is -0.505. The number of hydrogen-bond donors (Lipinski definition) is 0. The van der Waals surface area contributed by atoms with E-state index in [-0.39, 0.29) is 22.1 Å². The monoisotopic (exact) mass is 477 g/mol. The SMILES string of the molecule is Cc1ccc(S(=O)(=O)Oc2c(C(=O)c3cc(C)c4c(C)c(C)c(C)nc4c3C)cnn2C)cc1. The second-order valence-corrected chi connectivity index (χ2v) is 10.2. The highest BCUT2D eigenvalue weighted by atomic mass is 32.2. The molecule has 34 heavy (non-hydrogen) atoms. The standard InChI is InChI=1S/C26H27N3O4S/c1-14-8-10-20(11-9-14)34(31,32)33-26-22(13-27-29(26)7)25(30)21-12-15(2)23-17(4)16(3)19(6)28-24(23)18(21)5/h8-13H,1-7H3. The summed E-state index contributed by atoms with van der Waals surface area (Å²) >= 11 is 0. The second kappa shape index (κ2) is 8.36. The number of fused-ring (bicyclic) bond motifs is 1. The molecule has 0 atom stereocenters. The second-order valence-electron chi connectivity index (χ2n) is 8.70. The summed E-state index contributed by atoms with van der Waals surface area (Å²) in [7, 11) is -2.62. The van der Waals surface area contributed by atoms with Gasteiger partial charge in [0, 0.05) is 23.7 Å². The molecule has 0 aliphatic carbocycles. The predicted octanol–water partition coefficient (Wildman–Crippen LogP) is 4.82. The third-order valence-electron chi connectivity index (χ3n) is 6.38. The summed E-state index contributed by atoms with van der Waals surface area (Å²) < 4.78 is 32.5. The Morgan fingerprint density at radius 2 is 1.56 bits per heavy atom. The van der Waals surface area contributed by atoms with Gasteiger partial charge in [0.05, 0.1) is 11.7 Å². The fourth-order valence-corrected chi connectivity index (χ4v) is 5.11. The first-order valence-corrected chi connectivity index (χ1v) is 12.3. The molecule has 0 amide bonds. The molecule has 4 aromatic rings. The lowest BCUT2D eigenvalue weighted by atomic mass is 9.91. The van der Waals surface area contributed by atoms with Crippen LogP contribution < -0.4 is 4.18 Å². The minimum atomic E-state index is -4.16. The fraction of sp³-hybridized carbons (Fsp3) is 0.269. The van der Waals surface area contributed by atoms with E-state index in [4.69, 9.17) is 9.17 Å². The topological polar surface area (TPSA) is 91.2 Å². The lowest BCUT2D eigenvalue weighted by molar-refractivity contribution is 0.103. The summed E-state index contributed by atoms with van der Waals surface area (Å²) in [4.78, 5) is 18.4. The molecule has 2 aromatic heterocycles. The predicted molar refractivity (Wildman–Crippen MR) is 131 cm³/mol. The Bertz CT molecular complexity index is 1570. The van der Waals surface area contributed by atoms with Crippen LogP contribution in [0.25, 0.3) is 10.9 Å². The molecular formula is C26H27N3O4S. The van der Waals surface area contributed by atoms with E-state index in [2.05, 4.69) is 12.0 Å². The van der Waals surface area contributed by atoms with Crippen molar-refractivity contribution in [3.63, 3.8) is 0 Å². The zero-order chi connectivity index (χ0) is 24.9. The Hall–Kier alpha value is -3.52. The summed E-state index contributed by atoms with van der Waals surface area (Å²) in [6, 6.07) is 8.14. The molecule has 2 heterocycles. The van der Waals surface area contributed by atoms with Gasteiger partial charge in [-0.25, -0.2) is 4.68 Å². The number of benzene rings is 2. The highest BCUT2D eigenvalue weighted by Gasteiger charge is 2.27. The number of carbonyl (C=O) groups excluding carboxylic acids is 1. The van der Waals surface area contributed by atoms with E-state index in [1.165, 1.54) is 30.1 Å². The lowest BCUT2D eigenvalue weighted by Gasteiger charge is -2.16. The van der Waals surface area contributed by atoms with Crippen molar-refractivity contribution in [3.8, 4) is 5.88 Å². The number of hydrogen-bond acceptors (Lipinski definition) is 6. The summed E-state index contributed by atoms with van der Waals surface area (Å²) in [5.41, 5.74) is 7.02. The summed E-state index contributed by atoms with van der Waals surface area (Å²) in [6.07, 6.45) is 1.33. The maximum atomic E-state index is 13.6. The molecule has 0 N–H and O–H groups in total. The quantitative estimate of drug-likeness (QED) is 0.302. The van der Waals surface area contributed by atoms with Crippen LogP contribution in [-0.2, 0) is 17.2 Å². The minimum absolute atomic E-state index is 0.000879. The van der Waals surface area contributed by atoms with E-state index in [0.717, 1.165) is 44.4 Å². The number of nitrogens with zero attached hydrogens (tertiary/aromatic N) is 3. The maximum absolute atomic E-state index is 13.6. The Kier molecular flexibility index (Phi) is 5.81. The van der Waals surface area contributed by atoms with E-state index in [1.54, 1.807) is 12.1 Å². The van der Waals surface area contributed by atoms with Crippen LogP contribution in [-0.4, -0.2) is 29.0 Å². The van der Waals surface area contributed by atoms with Crippen molar-refractivity contribution in [2.45, 2.75) is 46.4 Å². The lowest BCUT2D eigenvalue weighted by Crippen LogP contribution is -2.15. The van der Waals surface area contributed by atoms with E-state index in [1.807, 2.05) is 40.7 Å². The van der Waals surface area contributed by atoms with Gasteiger partial charge in [0.15, 0.2) is 5.78 Å². The van der Waals surface area contributed by atoms with Gasteiger partial charge in [-0.15, -0.1) is 0 Å². The van der Waals surface area contributed by atoms with Crippen LogP contribution >= 0.6 is 0 Å². The van der Waals surface area contributed by atoms with Crippen molar-refractivity contribution < 1.29 is 17.4 Å². The number of ketones is 1. The molecule has 0 aliphatic heterocycles. The smallest absolute Gasteiger partial charge is 0.340 e. The molecular weight excluding hydrogens is 450 g/mol. The molecule has 0 bridgehead atoms. The Labute approximate surface area is 199 Å². The molecule has 0 spiro atoms. The molecule has 176 valence electrons. The van der Waals surface area contributed by atoms with Gasteiger partial charge in [0.25, 0.3) is 0 Å². The Morgan fingerprint density at radius 3 is 2.21 bits per heavy atom. The van der Waals surface area contributed by atoms with Crippen molar-refractivity contribution in [3.05, 3.63) is 81.2 Å². The van der Waals surface area contributed by atoms with E-state index in [9.17, 15) is 13.2 Å². The van der Waals surface area contributed by atoms with E-state index < -0.39 is 10.1 Å². The first kappa shape index (κ1) is 23.6. The van der Waals surface area contributed by atoms with Crippen LogP contribution in [0.4, 0.5) is 0 Å². The molecule has 0 unspecified atom stereocenters. The number of pyridine rings is 1. The largest absolute Gasteiger partial charge is 0.358 e. The van der Waals surface area contributed by atoms with Gasteiger partial charge in [-0.3, -0.25) is 9.78 Å². The number of aryl methyl sites for hydroxylation is 6. The van der Waals surface area contributed by atoms with Crippen molar-refractivity contribution >= 4 is 26.8 Å². The number of rotatable bonds is 5. The van der Waals surface area contributed by atoms with Crippen molar-refractivity contribution in [2.75, 3.05) is 0 Å². The molecule has 0 fully saturated rings. The molecule has 8 heteroatoms. The molecule has 7 nitrogen and oxygen atoms in total. The van der Waals surface area contributed by atoms with Crippen LogP contribution in [0.2, 0.25) is 0 Å². The highest BCUT2D eigenvalue weighted by molar-refractivity contribution is 7.87. The van der Waals surface area contributed by atoms with Gasteiger partial charge in [-0.05, 0) is 82.0 Å². The van der Waals surface area contributed by atoms with Crippen LogP contribution in [0.5, 0.6) is 5.88 Å². The van der Waals surface area contributed by atoms with Crippen molar-refractivity contribution in [1.82, 2.24) is 14.8 Å². The van der Waals surface area contributed by atoms with Gasteiger partial charge in [0.2, 0.25) is 5.88 Å². The molecule has 0 aliphatic rings. The number of carbonyl (C=O) groups is 1. The van der Waals surface area contributed by atoms with Crippen molar-refractivity contribution in [2.24, 2.45) is 7.05 Å². The third kappa shape index (κ3) is 3.88. The normalized spacial score (nSPS) is 11.7. The van der Waals surface area contributed by atoms with Gasteiger partial charge in [0.1, 0.15) is 10.5 Å². The molecule has 0 saturated heterocycles. The first-order chi connectivity index (χ1) is 15.9. The van der Waals surface area contributed by atoms with Crippen LogP contribution in [0.3, 0.4) is 0 Å². The van der Waals surface area contributed by atoms with Gasteiger partial charge in [-0.2, -0.15) is 13.5 Å². The third-order valence-corrected chi connectivity index (χ3v) is 7.61. The van der Waals surface area contributed by atoms with Gasteiger partial charge in [-0.1, -0.05) is 17.7 Å². The summed E-state index contributed by atoms with van der Waals surface area (Å²) in [5, 5.41) is 5.13. The molecule has 4 rings (SSSR count).